The topological polar surface area (TPSA) is 52.1 Å². The van der Waals surface area contributed by atoms with Crippen LogP contribution in [0.2, 0.25) is 0 Å². The van der Waals surface area contributed by atoms with E-state index in [1.165, 1.54) is 18.6 Å². The van der Waals surface area contributed by atoms with Crippen molar-refractivity contribution in [1.29, 1.82) is 0 Å². The molecule has 0 N–H and O–H groups in total. The van der Waals surface area contributed by atoms with Crippen molar-refractivity contribution in [2.75, 3.05) is 7.11 Å². The molecule has 1 aliphatic rings. The highest BCUT2D eigenvalue weighted by Crippen LogP contribution is 2.36. The third kappa shape index (κ3) is 2.34. The van der Waals surface area contributed by atoms with Crippen LogP contribution >= 0.6 is 11.5 Å². The van der Waals surface area contributed by atoms with Crippen LogP contribution < -0.4 is 0 Å². The van der Waals surface area contributed by atoms with Gasteiger partial charge in [0, 0.05) is 5.92 Å². The Hall–Kier alpha value is -0.970. The average Bonchev–Trinajstić information content (AvgIpc) is 2.82. The number of carbonyl (C=O) groups excluding carboxylic acids is 1. The van der Waals surface area contributed by atoms with Gasteiger partial charge in [0.05, 0.1) is 13.0 Å². The first-order chi connectivity index (χ1) is 7.31. The van der Waals surface area contributed by atoms with E-state index in [2.05, 4.69) is 9.36 Å². The standard InChI is InChI=1S/C10H14N2O2S/c1-14-10(13)8-4-2-7(3-5-8)9-11-6-12-15-9/h6-8H,2-5H2,1H3. The summed E-state index contributed by atoms with van der Waals surface area (Å²) in [7, 11) is 1.46. The van der Waals surface area contributed by atoms with Crippen molar-refractivity contribution in [2.45, 2.75) is 31.6 Å². The van der Waals surface area contributed by atoms with Crippen LogP contribution in [0.4, 0.5) is 0 Å². The lowest BCUT2D eigenvalue weighted by atomic mass is 9.82. The third-order valence-electron chi connectivity index (χ3n) is 2.99. The van der Waals surface area contributed by atoms with Gasteiger partial charge in [-0.1, -0.05) is 0 Å². The largest absolute Gasteiger partial charge is 0.469 e. The molecule has 0 aromatic carbocycles. The summed E-state index contributed by atoms with van der Waals surface area (Å²) in [5, 5.41) is 1.11. The summed E-state index contributed by atoms with van der Waals surface area (Å²) >= 11 is 1.47. The molecule has 1 aromatic rings. The summed E-state index contributed by atoms with van der Waals surface area (Å²) in [5.41, 5.74) is 0. The predicted octanol–water partition coefficient (Wildman–Crippen LogP) is 1.98. The third-order valence-corrected chi connectivity index (χ3v) is 3.81. The monoisotopic (exact) mass is 226 g/mol. The Labute approximate surface area is 92.8 Å². The molecule has 1 saturated carbocycles. The SMILES string of the molecule is COC(=O)C1CCC(c2ncns2)CC1. The molecule has 0 aliphatic heterocycles. The fourth-order valence-electron chi connectivity index (χ4n) is 2.10. The van der Waals surface area contributed by atoms with Crippen molar-refractivity contribution in [3.8, 4) is 0 Å². The number of methoxy groups -OCH3 is 1. The number of carbonyl (C=O) groups is 1. The zero-order valence-corrected chi connectivity index (χ0v) is 9.50. The molecule has 4 nitrogen and oxygen atoms in total. The molecule has 0 saturated heterocycles. The van der Waals surface area contributed by atoms with Crippen LogP contribution in [0.5, 0.6) is 0 Å². The fraction of sp³-hybridized carbons (Fsp3) is 0.700. The second kappa shape index (κ2) is 4.70. The van der Waals surface area contributed by atoms with Crippen molar-refractivity contribution >= 4 is 17.5 Å². The maximum atomic E-state index is 11.3. The lowest BCUT2D eigenvalue weighted by molar-refractivity contribution is -0.146. The first-order valence-corrected chi connectivity index (χ1v) is 5.93. The number of aromatic nitrogens is 2. The molecule has 0 unspecified atom stereocenters. The van der Waals surface area contributed by atoms with Crippen LogP contribution in [-0.4, -0.2) is 22.4 Å². The van der Waals surface area contributed by atoms with Gasteiger partial charge in [0.1, 0.15) is 11.3 Å². The number of hydrogen-bond acceptors (Lipinski definition) is 5. The van der Waals surface area contributed by atoms with E-state index in [-0.39, 0.29) is 11.9 Å². The highest BCUT2D eigenvalue weighted by Gasteiger charge is 2.28. The summed E-state index contributed by atoms with van der Waals surface area (Å²) in [6, 6.07) is 0. The average molecular weight is 226 g/mol. The molecule has 0 atom stereocenters. The molecule has 15 heavy (non-hydrogen) atoms. The minimum atomic E-state index is -0.0642. The maximum Gasteiger partial charge on any atom is 0.308 e. The van der Waals surface area contributed by atoms with Gasteiger partial charge < -0.3 is 4.74 Å². The summed E-state index contributed by atoms with van der Waals surface area (Å²) in [4.78, 5) is 15.5. The molecule has 1 aliphatic carbocycles. The van der Waals surface area contributed by atoms with E-state index in [0.717, 1.165) is 30.7 Å². The molecule has 0 radical (unpaired) electrons. The minimum Gasteiger partial charge on any atom is -0.469 e. The smallest absolute Gasteiger partial charge is 0.308 e. The van der Waals surface area contributed by atoms with Gasteiger partial charge in [-0.3, -0.25) is 4.79 Å². The van der Waals surface area contributed by atoms with Crippen LogP contribution in [0.15, 0.2) is 6.33 Å². The summed E-state index contributed by atoms with van der Waals surface area (Å²) < 4.78 is 8.76. The van der Waals surface area contributed by atoms with E-state index in [0.29, 0.717) is 5.92 Å². The second-order valence-corrected chi connectivity index (χ2v) is 4.66. The first kappa shape index (κ1) is 10.5. The van der Waals surface area contributed by atoms with Gasteiger partial charge in [-0.25, -0.2) is 4.98 Å². The summed E-state index contributed by atoms with van der Waals surface area (Å²) in [5.74, 6) is 0.531. The Morgan fingerprint density at radius 1 is 1.47 bits per heavy atom. The van der Waals surface area contributed by atoms with Crippen molar-refractivity contribution in [3.05, 3.63) is 11.3 Å². The predicted molar refractivity (Wildman–Crippen MR) is 56.6 cm³/mol. The Balaban J connectivity index is 1.90. The zero-order valence-electron chi connectivity index (χ0n) is 8.68. The van der Waals surface area contributed by atoms with Gasteiger partial charge in [-0.2, -0.15) is 4.37 Å². The summed E-state index contributed by atoms with van der Waals surface area (Å²) in [6.45, 7) is 0. The lowest BCUT2D eigenvalue weighted by Gasteiger charge is -2.24. The van der Waals surface area contributed by atoms with Crippen molar-refractivity contribution in [3.63, 3.8) is 0 Å². The molecule has 0 amide bonds. The van der Waals surface area contributed by atoms with Gasteiger partial charge in [0.25, 0.3) is 0 Å². The molecule has 0 bridgehead atoms. The van der Waals surface area contributed by atoms with Crippen molar-refractivity contribution in [1.82, 2.24) is 9.36 Å². The molecular formula is C10H14N2O2S. The highest BCUT2D eigenvalue weighted by atomic mass is 32.1. The molecule has 82 valence electrons. The van der Waals surface area contributed by atoms with E-state index in [9.17, 15) is 4.79 Å². The molecule has 5 heteroatoms. The van der Waals surface area contributed by atoms with Crippen LogP contribution in [0.3, 0.4) is 0 Å². The Bertz CT molecular complexity index is 318. The summed E-state index contributed by atoms with van der Waals surface area (Å²) in [6.07, 6.45) is 5.48. The van der Waals surface area contributed by atoms with Crippen molar-refractivity contribution in [2.24, 2.45) is 5.92 Å². The second-order valence-electron chi connectivity index (χ2n) is 3.85. The lowest BCUT2D eigenvalue weighted by Crippen LogP contribution is -2.22. The van der Waals surface area contributed by atoms with E-state index >= 15 is 0 Å². The van der Waals surface area contributed by atoms with Crippen molar-refractivity contribution < 1.29 is 9.53 Å². The molecule has 1 fully saturated rings. The fourth-order valence-corrected chi connectivity index (χ4v) is 2.79. The maximum absolute atomic E-state index is 11.3. The Morgan fingerprint density at radius 3 is 2.73 bits per heavy atom. The Morgan fingerprint density at radius 2 is 2.20 bits per heavy atom. The normalized spacial score (nSPS) is 26.2. The van der Waals surface area contributed by atoms with E-state index in [4.69, 9.17) is 4.74 Å². The van der Waals surface area contributed by atoms with E-state index in [1.54, 1.807) is 6.33 Å². The zero-order chi connectivity index (χ0) is 10.7. The number of ether oxygens (including phenoxy) is 1. The van der Waals surface area contributed by atoms with Crippen LogP contribution in [0.1, 0.15) is 36.6 Å². The number of nitrogens with zero attached hydrogens (tertiary/aromatic N) is 2. The molecule has 0 spiro atoms. The molecule has 1 aromatic heterocycles. The molecule has 1 heterocycles. The number of hydrogen-bond donors (Lipinski definition) is 0. The van der Waals surface area contributed by atoms with Gasteiger partial charge in [-0.15, -0.1) is 0 Å². The molecular weight excluding hydrogens is 212 g/mol. The molecule has 2 rings (SSSR count). The van der Waals surface area contributed by atoms with Gasteiger partial charge in [0.2, 0.25) is 0 Å². The Kier molecular flexibility index (Phi) is 3.30. The van der Waals surface area contributed by atoms with Crippen LogP contribution in [-0.2, 0) is 9.53 Å². The first-order valence-electron chi connectivity index (χ1n) is 5.15. The van der Waals surface area contributed by atoms with E-state index in [1.807, 2.05) is 0 Å². The van der Waals surface area contributed by atoms with Gasteiger partial charge in [-0.05, 0) is 37.2 Å². The van der Waals surface area contributed by atoms with Gasteiger partial charge in [0.15, 0.2) is 0 Å². The minimum absolute atomic E-state index is 0.0642. The quantitative estimate of drug-likeness (QED) is 0.724. The van der Waals surface area contributed by atoms with Gasteiger partial charge >= 0.3 is 5.97 Å². The van der Waals surface area contributed by atoms with E-state index < -0.39 is 0 Å². The number of esters is 1. The highest BCUT2D eigenvalue weighted by molar-refractivity contribution is 7.05. The number of rotatable bonds is 2. The van der Waals surface area contributed by atoms with Crippen LogP contribution in [0.25, 0.3) is 0 Å². The van der Waals surface area contributed by atoms with Crippen LogP contribution in [0, 0.1) is 5.92 Å².